The van der Waals surface area contributed by atoms with Crippen molar-refractivity contribution in [3.05, 3.63) is 0 Å². The minimum atomic E-state index is -0.988. The zero-order chi connectivity index (χ0) is 7.72. The molecule has 2 amide bonds. The molecule has 1 unspecified atom stereocenters. The van der Waals surface area contributed by atoms with Crippen LogP contribution in [0.5, 0.6) is 0 Å². The second-order valence-electron chi connectivity index (χ2n) is 1.93. The van der Waals surface area contributed by atoms with E-state index in [1.165, 1.54) is 0 Å². The molecule has 0 aromatic carbocycles. The Morgan fingerprint density at radius 3 is 2.50 bits per heavy atom. The number of imide groups is 1. The lowest BCUT2D eigenvalue weighted by Gasteiger charge is -1.99. The van der Waals surface area contributed by atoms with Crippen LogP contribution in [0.3, 0.4) is 0 Å². The number of amides is 2. The van der Waals surface area contributed by atoms with Crippen molar-refractivity contribution in [1.82, 2.24) is 5.06 Å². The molecule has 52 valence electrons. The van der Waals surface area contributed by atoms with Crippen LogP contribution in [0, 0.1) is 17.2 Å². The lowest BCUT2D eigenvalue weighted by molar-refractivity contribution is -0.171. The summed E-state index contributed by atoms with van der Waals surface area (Å²) in [5.74, 6) is -2.53. The van der Waals surface area contributed by atoms with Crippen molar-refractivity contribution in [2.45, 2.75) is 6.42 Å². The molecule has 1 saturated heterocycles. The topological polar surface area (TPSA) is 81.4 Å². The van der Waals surface area contributed by atoms with E-state index in [-0.39, 0.29) is 11.5 Å². The van der Waals surface area contributed by atoms with Crippen LogP contribution in [0.25, 0.3) is 0 Å². The molecule has 0 spiro atoms. The van der Waals surface area contributed by atoms with Gasteiger partial charge in [-0.1, -0.05) is 0 Å². The number of carbonyl (C=O) groups is 2. The number of hydrogen-bond donors (Lipinski definition) is 1. The molecule has 1 rings (SSSR count). The zero-order valence-corrected chi connectivity index (χ0v) is 4.94. The molecule has 1 heterocycles. The molecular weight excluding hydrogens is 136 g/mol. The van der Waals surface area contributed by atoms with Gasteiger partial charge >= 0.3 is 0 Å². The van der Waals surface area contributed by atoms with Crippen LogP contribution in [-0.4, -0.2) is 22.1 Å². The summed E-state index contributed by atoms with van der Waals surface area (Å²) < 4.78 is 0. The normalized spacial score (nSPS) is 25.2. The van der Waals surface area contributed by atoms with E-state index in [1.54, 1.807) is 6.07 Å². The summed E-state index contributed by atoms with van der Waals surface area (Å²) in [4.78, 5) is 21.0. The third kappa shape index (κ3) is 0.748. The van der Waals surface area contributed by atoms with Gasteiger partial charge in [-0.05, 0) is 0 Å². The van der Waals surface area contributed by atoms with Gasteiger partial charge in [0, 0.05) is 0 Å². The molecule has 0 aromatic heterocycles. The Morgan fingerprint density at radius 1 is 1.70 bits per heavy atom. The number of hydrogen-bond acceptors (Lipinski definition) is 4. The van der Waals surface area contributed by atoms with Gasteiger partial charge in [-0.3, -0.25) is 14.8 Å². The Balaban J connectivity index is 2.83. The van der Waals surface area contributed by atoms with E-state index < -0.39 is 17.7 Å². The van der Waals surface area contributed by atoms with E-state index in [9.17, 15) is 9.59 Å². The summed E-state index contributed by atoms with van der Waals surface area (Å²) in [6.07, 6.45) is -0.203. The van der Waals surface area contributed by atoms with Crippen LogP contribution in [0.15, 0.2) is 0 Å². The molecule has 1 fully saturated rings. The standard InChI is InChI=1S/C5H4N2O3/c6-2-3-1-4(8)7(10)5(3)9/h3,10H,1H2. The summed E-state index contributed by atoms with van der Waals surface area (Å²) in [6.45, 7) is 0. The maximum Gasteiger partial charge on any atom is 0.271 e. The van der Waals surface area contributed by atoms with Gasteiger partial charge in [-0.15, -0.1) is 0 Å². The third-order valence-electron chi connectivity index (χ3n) is 1.28. The number of nitriles is 1. The van der Waals surface area contributed by atoms with Gasteiger partial charge < -0.3 is 0 Å². The van der Waals surface area contributed by atoms with E-state index in [1.807, 2.05) is 0 Å². The predicted molar refractivity (Wildman–Crippen MR) is 27.4 cm³/mol. The van der Waals surface area contributed by atoms with E-state index in [4.69, 9.17) is 10.5 Å². The molecule has 0 aliphatic carbocycles. The second kappa shape index (κ2) is 2.08. The van der Waals surface area contributed by atoms with E-state index >= 15 is 0 Å². The molecule has 0 aromatic rings. The first-order chi connectivity index (χ1) is 4.66. The molecule has 1 aliphatic rings. The highest BCUT2D eigenvalue weighted by molar-refractivity contribution is 6.03. The fraction of sp³-hybridized carbons (Fsp3) is 0.400. The summed E-state index contributed by atoms with van der Waals surface area (Å²) in [6, 6.07) is 1.60. The molecule has 0 saturated carbocycles. The van der Waals surface area contributed by atoms with E-state index in [0.29, 0.717) is 0 Å². The summed E-state index contributed by atoms with van der Waals surface area (Å²) in [5.41, 5.74) is 0. The quantitative estimate of drug-likeness (QED) is 0.355. The third-order valence-corrected chi connectivity index (χ3v) is 1.28. The smallest absolute Gasteiger partial charge is 0.271 e. The minimum Gasteiger partial charge on any atom is -0.278 e. The molecule has 1 aliphatic heterocycles. The Labute approximate surface area is 56.4 Å². The lowest BCUT2D eigenvalue weighted by atomic mass is 10.1. The Bertz CT molecular complexity index is 230. The Kier molecular flexibility index (Phi) is 1.39. The predicted octanol–water partition coefficient (Wildman–Crippen LogP) is -0.726. The molecule has 0 radical (unpaired) electrons. The Hall–Kier alpha value is -1.41. The fourth-order valence-corrected chi connectivity index (χ4v) is 0.720. The van der Waals surface area contributed by atoms with Crippen molar-refractivity contribution in [3.8, 4) is 6.07 Å². The average molecular weight is 140 g/mol. The maximum absolute atomic E-state index is 10.6. The van der Waals surface area contributed by atoms with Crippen LogP contribution < -0.4 is 0 Å². The number of rotatable bonds is 0. The van der Waals surface area contributed by atoms with Crippen molar-refractivity contribution < 1.29 is 14.8 Å². The van der Waals surface area contributed by atoms with Crippen molar-refractivity contribution >= 4 is 11.8 Å². The molecule has 0 bridgehead atoms. The molecule has 10 heavy (non-hydrogen) atoms. The fourth-order valence-electron chi connectivity index (χ4n) is 0.720. The highest BCUT2D eigenvalue weighted by Gasteiger charge is 2.37. The van der Waals surface area contributed by atoms with Crippen molar-refractivity contribution in [1.29, 1.82) is 5.26 Å². The van der Waals surface area contributed by atoms with Gasteiger partial charge in [0.15, 0.2) is 0 Å². The molecule has 5 heteroatoms. The van der Waals surface area contributed by atoms with Gasteiger partial charge in [0.2, 0.25) is 0 Å². The lowest BCUT2D eigenvalue weighted by Crippen LogP contribution is -2.26. The maximum atomic E-state index is 10.6. The highest BCUT2D eigenvalue weighted by Crippen LogP contribution is 2.15. The van der Waals surface area contributed by atoms with Crippen molar-refractivity contribution in [2.75, 3.05) is 0 Å². The van der Waals surface area contributed by atoms with Gasteiger partial charge in [0.05, 0.1) is 12.5 Å². The molecular formula is C5H4N2O3. The Morgan fingerprint density at radius 2 is 2.30 bits per heavy atom. The molecule has 1 atom stereocenters. The van der Waals surface area contributed by atoms with Gasteiger partial charge in [-0.2, -0.15) is 10.3 Å². The molecule has 1 N–H and O–H groups in total. The van der Waals surface area contributed by atoms with E-state index in [2.05, 4.69) is 0 Å². The van der Waals surface area contributed by atoms with Crippen LogP contribution in [-0.2, 0) is 9.59 Å². The summed E-state index contributed by atoms with van der Waals surface area (Å²) in [5, 5.41) is 16.8. The molecule has 5 nitrogen and oxygen atoms in total. The SMILES string of the molecule is N#CC1CC(=O)N(O)C1=O. The number of carbonyl (C=O) groups excluding carboxylic acids is 2. The van der Waals surface area contributed by atoms with Crippen LogP contribution in [0.1, 0.15) is 6.42 Å². The van der Waals surface area contributed by atoms with Gasteiger partial charge in [0.25, 0.3) is 11.8 Å². The van der Waals surface area contributed by atoms with Gasteiger partial charge in [0.1, 0.15) is 5.92 Å². The highest BCUT2D eigenvalue weighted by atomic mass is 16.5. The number of hydroxylamine groups is 2. The van der Waals surface area contributed by atoms with Crippen LogP contribution in [0.2, 0.25) is 0 Å². The van der Waals surface area contributed by atoms with Crippen LogP contribution in [0.4, 0.5) is 0 Å². The first-order valence-electron chi connectivity index (χ1n) is 2.62. The average Bonchev–Trinajstić information content (AvgIpc) is 2.17. The van der Waals surface area contributed by atoms with E-state index in [0.717, 1.165) is 0 Å². The largest absolute Gasteiger partial charge is 0.278 e. The summed E-state index contributed by atoms with van der Waals surface area (Å²) in [7, 11) is 0. The minimum absolute atomic E-state index is 0.00606. The first-order valence-corrected chi connectivity index (χ1v) is 2.62. The van der Waals surface area contributed by atoms with Crippen molar-refractivity contribution in [2.24, 2.45) is 5.92 Å². The summed E-state index contributed by atoms with van der Waals surface area (Å²) >= 11 is 0. The first kappa shape index (κ1) is 6.71. The number of nitrogens with zero attached hydrogens (tertiary/aromatic N) is 2. The van der Waals surface area contributed by atoms with Crippen molar-refractivity contribution in [3.63, 3.8) is 0 Å². The monoisotopic (exact) mass is 140 g/mol. The second-order valence-corrected chi connectivity index (χ2v) is 1.93. The van der Waals surface area contributed by atoms with Gasteiger partial charge in [-0.25, -0.2) is 0 Å². The van der Waals surface area contributed by atoms with Crippen LogP contribution >= 0.6 is 0 Å². The zero-order valence-electron chi connectivity index (χ0n) is 4.94.